The van der Waals surface area contributed by atoms with Crippen molar-refractivity contribution in [1.29, 1.82) is 0 Å². The van der Waals surface area contributed by atoms with Crippen LogP contribution in [0.2, 0.25) is 0 Å². The number of rotatable bonds is 2. The SMILES string of the molecule is CCC1C(=O)NC(=O)CN1C(=O)CCl. The molecule has 0 spiro atoms. The average Bonchev–Trinajstić information content (AvgIpc) is 2.15. The van der Waals surface area contributed by atoms with E-state index in [0.717, 1.165) is 0 Å². The molecule has 1 aliphatic rings. The summed E-state index contributed by atoms with van der Waals surface area (Å²) in [6.07, 6.45) is 0.474. The molecular formula is C8H11ClN2O3. The number of imide groups is 1. The van der Waals surface area contributed by atoms with Crippen molar-refractivity contribution < 1.29 is 14.4 Å². The molecular weight excluding hydrogens is 208 g/mol. The van der Waals surface area contributed by atoms with E-state index in [-0.39, 0.29) is 18.3 Å². The molecule has 0 radical (unpaired) electrons. The smallest absolute Gasteiger partial charge is 0.249 e. The number of carbonyl (C=O) groups excluding carboxylic acids is 3. The Kier molecular flexibility index (Phi) is 3.46. The second kappa shape index (κ2) is 4.41. The number of halogens is 1. The van der Waals surface area contributed by atoms with Crippen LogP contribution in [-0.4, -0.2) is 41.1 Å². The van der Waals surface area contributed by atoms with Gasteiger partial charge in [0.15, 0.2) is 0 Å². The molecule has 78 valence electrons. The summed E-state index contributed by atoms with van der Waals surface area (Å²) in [6, 6.07) is -0.570. The fraction of sp³-hybridized carbons (Fsp3) is 0.625. The number of hydrogen-bond donors (Lipinski definition) is 1. The lowest BCUT2D eigenvalue weighted by Gasteiger charge is -2.32. The minimum atomic E-state index is -0.570. The number of carbonyl (C=O) groups is 3. The molecule has 5 nitrogen and oxygen atoms in total. The van der Waals surface area contributed by atoms with Gasteiger partial charge in [-0.25, -0.2) is 0 Å². The van der Waals surface area contributed by atoms with E-state index < -0.39 is 17.9 Å². The monoisotopic (exact) mass is 218 g/mol. The molecule has 1 atom stereocenters. The molecule has 0 aromatic rings. The third-order valence-corrected chi connectivity index (χ3v) is 2.31. The van der Waals surface area contributed by atoms with Crippen LogP contribution in [0.5, 0.6) is 0 Å². The van der Waals surface area contributed by atoms with Gasteiger partial charge in [0.05, 0.1) is 0 Å². The standard InChI is InChI=1S/C8H11ClN2O3/c1-2-5-8(14)10-6(12)4-11(5)7(13)3-9/h5H,2-4H2,1H3,(H,10,12,14). The number of piperazine rings is 1. The molecule has 1 unspecified atom stereocenters. The lowest BCUT2D eigenvalue weighted by atomic mass is 10.1. The van der Waals surface area contributed by atoms with E-state index in [1.165, 1.54) is 4.90 Å². The van der Waals surface area contributed by atoms with Crippen LogP contribution in [0.4, 0.5) is 0 Å². The summed E-state index contributed by atoms with van der Waals surface area (Å²) >= 11 is 5.37. The molecule has 14 heavy (non-hydrogen) atoms. The highest BCUT2D eigenvalue weighted by Crippen LogP contribution is 2.09. The van der Waals surface area contributed by atoms with Crippen molar-refractivity contribution in [3.05, 3.63) is 0 Å². The molecule has 0 saturated carbocycles. The minimum Gasteiger partial charge on any atom is -0.320 e. The zero-order chi connectivity index (χ0) is 10.7. The molecule has 1 N–H and O–H groups in total. The van der Waals surface area contributed by atoms with Gasteiger partial charge in [-0.15, -0.1) is 11.6 Å². The predicted molar refractivity (Wildman–Crippen MR) is 49.7 cm³/mol. The van der Waals surface area contributed by atoms with E-state index in [1.807, 2.05) is 0 Å². The Hall–Kier alpha value is -1.10. The zero-order valence-corrected chi connectivity index (χ0v) is 8.50. The van der Waals surface area contributed by atoms with Crippen LogP contribution >= 0.6 is 11.6 Å². The largest absolute Gasteiger partial charge is 0.320 e. The van der Waals surface area contributed by atoms with Gasteiger partial charge in [-0.3, -0.25) is 19.7 Å². The van der Waals surface area contributed by atoms with Crippen LogP contribution < -0.4 is 5.32 Å². The van der Waals surface area contributed by atoms with Crippen LogP contribution in [0, 0.1) is 0 Å². The van der Waals surface area contributed by atoms with Gasteiger partial charge < -0.3 is 4.90 Å². The highest BCUT2D eigenvalue weighted by Gasteiger charge is 2.34. The quantitative estimate of drug-likeness (QED) is 0.502. The maximum atomic E-state index is 11.3. The Morgan fingerprint density at radius 1 is 1.64 bits per heavy atom. The number of amides is 3. The number of nitrogens with zero attached hydrogens (tertiary/aromatic N) is 1. The minimum absolute atomic E-state index is 0.0875. The van der Waals surface area contributed by atoms with Gasteiger partial charge in [0.1, 0.15) is 18.5 Å². The zero-order valence-electron chi connectivity index (χ0n) is 7.75. The molecule has 1 heterocycles. The summed E-state index contributed by atoms with van der Waals surface area (Å²) in [4.78, 5) is 34.8. The molecule has 0 aromatic heterocycles. The predicted octanol–water partition coefficient (Wildman–Crippen LogP) is -0.511. The van der Waals surface area contributed by atoms with Crippen molar-refractivity contribution in [3.63, 3.8) is 0 Å². The van der Waals surface area contributed by atoms with Crippen LogP contribution in [0.3, 0.4) is 0 Å². The highest BCUT2D eigenvalue weighted by molar-refractivity contribution is 6.27. The third-order valence-electron chi connectivity index (χ3n) is 2.08. The lowest BCUT2D eigenvalue weighted by Crippen LogP contribution is -2.59. The van der Waals surface area contributed by atoms with Crippen molar-refractivity contribution in [3.8, 4) is 0 Å². The maximum absolute atomic E-state index is 11.3. The second-order valence-electron chi connectivity index (χ2n) is 2.99. The van der Waals surface area contributed by atoms with Gasteiger partial charge in [0, 0.05) is 0 Å². The molecule has 1 saturated heterocycles. The third kappa shape index (κ3) is 2.04. The summed E-state index contributed by atoms with van der Waals surface area (Å²) in [6.45, 7) is 1.68. The van der Waals surface area contributed by atoms with Gasteiger partial charge in [-0.1, -0.05) is 6.92 Å². The van der Waals surface area contributed by atoms with E-state index >= 15 is 0 Å². The van der Waals surface area contributed by atoms with Crippen LogP contribution in [0.15, 0.2) is 0 Å². The van der Waals surface area contributed by atoms with Gasteiger partial charge in [-0.2, -0.15) is 0 Å². The fourth-order valence-electron chi connectivity index (χ4n) is 1.41. The van der Waals surface area contributed by atoms with Gasteiger partial charge in [0.2, 0.25) is 17.7 Å². The molecule has 0 bridgehead atoms. The normalized spacial score (nSPS) is 22.1. The summed E-state index contributed by atoms with van der Waals surface area (Å²) in [5, 5.41) is 2.17. The first-order chi connectivity index (χ1) is 6.60. The number of alkyl halides is 1. The maximum Gasteiger partial charge on any atom is 0.249 e. The first-order valence-electron chi connectivity index (χ1n) is 4.29. The number of hydrogen-bond acceptors (Lipinski definition) is 3. The molecule has 1 aliphatic heterocycles. The Bertz CT molecular complexity index is 280. The van der Waals surface area contributed by atoms with Crippen molar-refractivity contribution >= 4 is 29.3 Å². The van der Waals surface area contributed by atoms with E-state index in [9.17, 15) is 14.4 Å². The van der Waals surface area contributed by atoms with Gasteiger partial charge in [-0.05, 0) is 6.42 Å². The van der Waals surface area contributed by atoms with Crippen molar-refractivity contribution in [2.75, 3.05) is 12.4 Å². The van der Waals surface area contributed by atoms with E-state index in [4.69, 9.17) is 11.6 Å². The molecule has 0 aliphatic carbocycles. The Balaban J connectivity index is 2.83. The first-order valence-corrected chi connectivity index (χ1v) is 4.82. The van der Waals surface area contributed by atoms with Crippen LogP contribution in [0.25, 0.3) is 0 Å². The average molecular weight is 219 g/mol. The van der Waals surface area contributed by atoms with Crippen molar-refractivity contribution in [1.82, 2.24) is 10.2 Å². The van der Waals surface area contributed by atoms with Crippen LogP contribution in [-0.2, 0) is 14.4 Å². The Morgan fingerprint density at radius 3 is 2.79 bits per heavy atom. The van der Waals surface area contributed by atoms with Crippen molar-refractivity contribution in [2.24, 2.45) is 0 Å². The van der Waals surface area contributed by atoms with Gasteiger partial charge >= 0.3 is 0 Å². The molecule has 1 rings (SSSR count). The molecule has 1 fully saturated rings. The summed E-state index contributed by atoms with van der Waals surface area (Å²) in [5.74, 6) is -1.49. The van der Waals surface area contributed by atoms with Gasteiger partial charge in [0.25, 0.3) is 0 Å². The molecule has 6 heteroatoms. The topological polar surface area (TPSA) is 66.5 Å². The molecule has 0 aromatic carbocycles. The van der Waals surface area contributed by atoms with E-state index in [1.54, 1.807) is 6.92 Å². The van der Waals surface area contributed by atoms with Crippen molar-refractivity contribution in [2.45, 2.75) is 19.4 Å². The van der Waals surface area contributed by atoms with E-state index in [0.29, 0.717) is 6.42 Å². The fourth-order valence-corrected chi connectivity index (χ4v) is 1.56. The molecule has 3 amide bonds. The van der Waals surface area contributed by atoms with Crippen LogP contribution in [0.1, 0.15) is 13.3 Å². The summed E-state index contributed by atoms with van der Waals surface area (Å²) < 4.78 is 0. The lowest BCUT2D eigenvalue weighted by molar-refractivity contribution is -0.148. The number of nitrogens with one attached hydrogen (secondary N) is 1. The second-order valence-corrected chi connectivity index (χ2v) is 3.26. The Morgan fingerprint density at radius 2 is 2.29 bits per heavy atom. The highest BCUT2D eigenvalue weighted by atomic mass is 35.5. The van der Waals surface area contributed by atoms with E-state index in [2.05, 4.69) is 5.32 Å². The Labute approximate surface area is 86.4 Å². The first kappa shape index (κ1) is 11.0. The summed E-state index contributed by atoms with van der Waals surface area (Å²) in [5.41, 5.74) is 0. The summed E-state index contributed by atoms with van der Waals surface area (Å²) in [7, 11) is 0.